The molecule has 1 amide bonds. The van der Waals surface area contributed by atoms with Crippen LogP contribution in [0, 0.1) is 0 Å². The lowest BCUT2D eigenvalue weighted by atomic mass is 10.6. The van der Waals surface area contributed by atoms with Crippen LogP contribution in [0.3, 0.4) is 0 Å². The van der Waals surface area contributed by atoms with Gasteiger partial charge < -0.3 is 14.9 Å². The maximum atomic E-state index is 10.7. The quantitative estimate of drug-likeness (QED) is 0.493. The lowest BCUT2D eigenvalue weighted by molar-refractivity contribution is -0.751. The number of nitrogens with one attached hydrogen (secondary N) is 1. The third kappa shape index (κ3) is 1.92. The lowest BCUT2D eigenvalue weighted by Crippen LogP contribution is -2.42. The molecule has 11 heavy (non-hydrogen) atoms. The Morgan fingerprint density at radius 2 is 2.73 bits per heavy atom. The minimum absolute atomic E-state index is 0.00222. The van der Waals surface area contributed by atoms with Gasteiger partial charge in [0.1, 0.15) is 5.95 Å². The van der Waals surface area contributed by atoms with E-state index in [4.69, 9.17) is 0 Å². The molecule has 0 aliphatic rings. The monoisotopic (exact) mass is 157 g/mol. The maximum absolute atomic E-state index is 10.7. The van der Waals surface area contributed by atoms with Crippen LogP contribution in [0.25, 0.3) is 0 Å². The second-order valence-corrected chi connectivity index (χ2v) is 1.89. The summed E-state index contributed by atoms with van der Waals surface area (Å²) in [4.78, 5) is 10.7. The largest absolute Gasteiger partial charge is 0.539 e. The molecule has 0 saturated heterocycles. The third-order valence-corrected chi connectivity index (χ3v) is 1.07. The van der Waals surface area contributed by atoms with Crippen molar-refractivity contribution in [2.24, 2.45) is 0 Å². The fraction of sp³-hybridized carbons (Fsp3) is 0.400. The van der Waals surface area contributed by atoms with E-state index >= 15 is 0 Å². The molecule has 0 aliphatic carbocycles. The molecule has 60 valence electrons. The highest BCUT2D eigenvalue weighted by Gasteiger charge is 2.08. The Morgan fingerprint density at radius 3 is 3.18 bits per heavy atom. The van der Waals surface area contributed by atoms with Crippen molar-refractivity contribution in [1.82, 2.24) is 10.6 Å². The van der Waals surface area contributed by atoms with Crippen molar-refractivity contribution in [1.29, 1.82) is 0 Å². The fourth-order valence-corrected chi connectivity index (χ4v) is 0.562. The molecule has 0 bridgehead atoms. The van der Waals surface area contributed by atoms with Gasteiger partial charge in [-0.25, -0.2) is 0 Å². The molecule has 0 unspecified atom stereocenters. The Kier molecular flexibility index (Phi) is 2.05. The first-order valence-corrected chi connectivity index (χ1v) is 2.96. The average Bonchev–Trinajstić information content (AvgIpc) is 2.35. The zero-order chi connectivity index (χ0) is 8.27. The summed E-state index contributed by atoms with van der Waals surface area (Å²) in [6, 6.07) is 0. The van der Waals surface area contributed by atoms with Gasteiger partial charge in [-0.2, -0.15) is 0 Å². The third-order valence-electron chi connectivity index (χ3n) is 1.07. The van der Waals surface area contributed by atoms with E-state index in [-0.39, 0.29) is 12.5 Å². The van der Waals surface area contributed by atoms with Crippen LogP contribution in [0.2, 0.25) is 0 Å². The van der Waals surface area contributed by atoms with Crippen LogP contribution < -0.4 is 15.1 Å². The molecular weight excluding hydrogens is 150 g/mol. The normalized spacial score (nSPS) is 9.55. The van der Waals surface area contributed by atoms with E-state index < -0.39 is 5.95 Å². The zero-order valence-corrected chi connectivity index (χ0v) is 5.90. The van der Waals surface area contributed by atoms with E-state index in [1.165, 1.54) is 7.05 Å². The molecule has 1 N–H and O–H groups in total. The predicted octanol–water partition coefficient (Wildman–Crippen LogP) is -2.22. The number of aromatic nitrogens is 2. The van der Waals surface area contributed by atoms with E-state index in [0.717, 1.165) is 10.9 Å². The number of carbonyl (C=O) groups is 1. The van der Waals surface area contributed by atoms with Gasteiger partial charge in [0.15, 0.2) is 0 Å². The number of amides is 1. The first kappa shape index (κ1) is 7.52. The van der Waals surface area contributed by atoms with Crippen molar-refractivity contribution in [2.45, 2.75) is 6.54 Å². The highest BCUT2D eigenvalue weighted by molar-refractivity contribution is 5.73. The summed E-state index contributed by atoms with van der Waals surface area (Å²) in [7, 11) is 1.50. The average molecular weight is 157 g/mol. The fourth-order valence-electron chi connectivity index (χ4n) is 0.562. The number of carbonyl (C=O) groups excluding carboxylic acids is 1. The lowest BCUT2D eigenvalue weighted by Gasteiger charge is -1.88. The number of nitrogens with zero attached hydrogens (tertiary/aromatic N) is 2. The molecular formula is C5H7N3O3. The van der Waals surface area contributed by atoms with Crippen molar-refractivity contribution >= 4 is 5.91 Å². The van der Waals surface area contributed by atoms with Crippen LogP contribution in [0.4, 0.5) is 0 Å². The van der Waals surface area contributed by atoms with Crippen molar-refractivity contribution in [2.75, 3.05) is 7.05 Å². The molecule has 1 aromatic rings. The van der Waals surface area contributed by atoms with Gasteiger partial charge in [0.25, 0.3) is 12.5 Å². The Balaban J connectivity index is 2.57. The van der Waals surface area contributed by atoms with E-state index in [9.17, 15) is 9.90 Å². The van der Waals surface area contributed by atoms with E-state index in [2.05, 4.69) is 15.1 Å². The van der Waals surface area contributed by atoms with Gasteiger partial charge in [-0.15, -0.1) is 0 Å². The second kappa shape index (κ2) is 3.00. The summed E-state index contributed by atoms with van der Waals surface area (Å²) in [6.45, 7) is 0.00222. The van der Waals surface area contributed by atoms with Crippen molar-refractivity contribution in [3.05, 3.63) is 6.20 Å². The Morgan fingerprint density at radius 1 is 2.00 bits per heavy atom. The van der Waals surface area contributed by atoms with Crippen LogP contribution in [0.5, 0.6) is 5.95 Å². The van der Waals surface area contributed by atoms with Crippen molar-refractivity contribution < 1.29 is 19.1 Å². The van der Waals surface area contributed by atoms with Gasteiger partial charge in [0.2, 0.25) is 6.20 Å². The molecule has 6 heteroatoms. The van der Waals surface area contributed by atoms with Crippen molar-refractivity contribution in [3.8, 4) is 5.95 Å². The van der Waals surface area contributed by atoms with Gasteiger partial charge in [0, 0.05) is 7.05 Å². The summed E-state index contributed by atoms with van der Waals surface area (Å²) in [5.74, 6) is -0.794. The van der Waals surface area contributed by atoms with Gasteiger partial charge in [-0.05, 0) is 0 Å². The minimum Gasteiger partial charge on any atom is -0.539 e. The Bertz CT molecular complexity index is 257. The Hall–Kier alpha value is -1.59. The summed E-state index contributed by atoms with van der Waals surface area (Å²) >= 11 is 0. The van der Waals surface area contributed by atoms with Gasteiger partial charge in [0.05, 0.1) is 5.27 Å². The van der Waals surface area contributed by atoms with Gasteiger partial charge in [-0.3, -0.25) is 4.79 Å². The maximum Gasteiger partial charge on any atom is 0.288 e. The molecule has 0 spiro atoms. The number of hydrogen-bond donors (Lipinski definition) is 1. The molecule has 1 heterocycles. The first-order valence-electron chi connectivity index (χ1n) is 2.96. The molecule has 0 fully saturated rings. The zero-order valence-electron chi connectivity index (χ0n) is 5.90. The molecule has 0 aromatic carbocycles. The highest BCUT2D eigenvalue weighted by atomic mass is 16.6. The highest BCUT2D eigenvalue weighted by Crippen LogP contribution is 1.91. The van der Waals surface area contributed by atoms with Crippen LogP contribution in [-0.4, -0.2) is 18.2 Å². The molecule has 6 nitrogen and oxygen atoms in total. The number of hydrogen-bond acceptors (Lipinski definition) is 4. The van der Waals surface area contributed by atoms with Gasteiger partial charge >= 0.3 is 0 Å². The molecule has 0 atom stereocenters. The summed E-state index contributed by atoms with van der Waals surface area (Å²) in [5.41, 5.74) is 0. The molecule has 1 aromatic heterocycles. The minimum atomic E-state index is -0.561. The molecule has 0 radical (unpaired) electrons. The topological polar surface area (TPSA) is 82.1 Å². The second-order valence-electron chi connectivity index (χ2n) is 1.89. The van der Waals surface area contributed by atoms with E-state index in [1.807, 2.05) is 0 Å². The molecule has 0 aliphatic heterocycles. The molecule has 1 rings (SSSR count). The van der Waals surface area contributed by atoms with E-state index in [0.29, 0.717) is 0 Å². The van der Waals surface area contributed by atoms with Gasteiger partial charge in [-0.1, -0.05) is 4.68 Å². The first-order chi connectivity index (χ1) is 5.22. The smallest absolute Gasteiger partial charge is 0.288 e. The van der Waals surface area contributed by atoms with Crippen LogP contribution >= 0.6 is 0 Å². The summed E-state index contributed by atoms with van der Waals surface area (Å²) in [5, 5.41) is 16.0. The number of rotatable bonds is 2. The van der Waals surface area contributed by atoms with Crippen LogP contribution in [-0.2, 0) is 11.3 Å². The molecule has 0 saturated carbocycles. The number of likely N-dealkylation sites (N-methyl/N-ethyl adjacent to an activating group) is 1. The summed E-state index contributed by atoms with van der Waals surface area (Å²) < 4.78 is 5.31. The van der Waals surface area contributed by atoms with E-state index in [1.54, 1.807) is 0 Å². The standard InChI is InChI=1S/C5H7N3O3/c1-6-4(9)2-8-3-5(10)11-7-8/h3H,2H2,1H3,(H-,6,7,9,10). The predicted molar refractivity (Wildman–Crippen MR) is 30.2 cm³/mol. The SMILES string of the molecule is CNC(=O)C[n+]1cc([O-])on1. The van der Waals surface area contributed by atoms with Crippen molar-refractivity contribution in [3.63, 3.8) is 0 Å². The Labute approximate surface area is 62.4 Å². The van der Waals surface area contributed by atoms with Crippen LogP contribution in [0.1, 0.15) is 0 Å². The summed E-state index contributed by atoms with van der Waals surface area (Å²) in [6.07, 6.45) is 1.11. The van der Waals surface area contributed by atoms with Crippen LogP contribution in [0.15, 0.2) is 10.7 Å².